The number of aromatic nitrogens is 7. The fourth-order valence-corrected chi connectivity index (χ4v) is 1.95. The van der Waals surface area contributed by atoms with Crippen molar-refractivity contribution in [1.29, 1.82) is 0 Å². The van der Waals surface area contributed by atoms with Gasteiger partial charge in [0.2, 0.25) is 17.7 Å². The van der Waals surface area contributed by atoms with E-state index in [1.807, 2.05) is 45.3 Å². The van der Waals surface area contributed by atoms with Crippen LogP contribution < -0.4 is 10.6 Å². The van der Waals surface area contributed by atoms with Crippen LogP contribution in [0.3, 0.4) is 0 Å². The molecule has 0 saturated carbocycles. The van der Waals surface area contributed by atoms with Crippen LogP contribution in [-0.2, 0) is 6.54 Å². The molecule has 0 unspecified atom stereocenters. The zero-order valence-corrected chi connectivity index (χ0v) is 13.2. The van der Waals surface area contributed by atoms with Gasteiger partial charge in [-0.05, 0) is 12.1 Å². The Balaban J connectivity index is 1.83. The molecule has 0 radical (unpaired) electrons. The maximum absolute atomic E-state index is 5.71. The quantitative estimate of drug-likeness (QED) is 0.742. The van der Waals surface area contributed by atoms with Crippen molar-refractivity contribution < 1.29 is 0 Å². The predicted molar refractivity (Wildman–Crippen MR) is 85.7 cm³/mol. The van der Waals surface area contributed by atoms with Crippen LogP contribution in [0.2, 0.25) is 0 Å². The average Bonchev–Trinajstić information content (AvgIpc) is 2.95. The second-order valence-electron chi connectivity index (χ2n) is 5.31. The fourth-order valence-electron chi connectivity index (χ4n) is 1.95. The third-order valence-corrected chi connectivity index (χ3v) is 3.13. The average molecular weight is 311 g/mol. The summed E-state index contributed by atoms with van der Waals surface area (Å²) in [5, 5.41) is 12.4. The van der Waals surface area contributed by atoms with Crippen molar-refractivity contribution in [3.8, 4) is 11.4 Å². The number of nitrogens with zero attached hydrogens (tertiary/aromatic N) is 8. The summed E-state index contributed by atoms with van der Waals surface area (Å²) in [4.78, 5) is 15.7. The zero-order valence-electron chi connectivity index (χ0n) is 13.2. The van der Waals surface area contributed by atoms with E-state index in [9.17, 15) is 0 Å². The molecule has 0 saturated heterocycles. The van der Waals surface area contributed by atoms with Gasteiger partial charge in [-0.15, -0.1) is 10.2 Å². The Morgan fingerprint density at radius 2 is 1.83 bits per heavy atom. The molecule has 2 aromatic heterocycles. The maximum atomic E-state index is 5.71. The van der Waals surface area contributed by atoms with Crippen molar-refractivity contribution in [1.82, 2.24) is 35.2 Å². The molecule has 3 rings (SSSR count). The highest BCUT2D eigenvalue weighted by atomic mass is 15.6. The standard InChI is InChI=1S/C14H17N9/c1-9-4-6-10(7-5-9)12-19-21-23(20-12)8-11-16-13(15)18-14(17-11)22(2)3/h4-7H,8H2,1-3H3,(H2,15,16,17,18). The normalized spacial score (nSPS) is 10.7. The molecule has 0 spiro atoms. The Labute approximate surface area is 133 Å². The number of benzene rings is 1. The van der Waals surface area contributed by atoms with Gasteiger partial charge < -0.3 is 10.6 Å². The lowest BCUT2D eigenvalue weighted by Gasteiger charge is -2.10. The van der Waals surface area contributed by atoms with Gasteiger partial charge in [0.05, 0.1) is 0 Å². The third kappa shape index (κ3) is 3.39. The van der Waals surface area contributed by atoms with E-state index in [0.717, 1.165) is 5.56 Å². The summed E-state index contributed by atoms with van der Waals surface area (Å²) < 4.78 is 0. The molecular formula is C14H17N9. The van der Waals surface area contributed by atoms with Gasteiger partial charge in [0.25, 0.3) is 0 Å². The SMILES string of the molecule is Cc1ccc(-c2nnn(Cc3nc(N)nc(N(C)C)n3)n2)cc1. The summed E-state index contributed by atoms with van der Waals surface area (Å²) in [6.45, 7) is 2.30. The topological polar surface area (TPSA) is 112 Å². The highest BCUT2D eigenvalue weighted by Gasteiger charge is 2.10. The van der Waals surface area contributed by atoms with Gasteiger partial charge >= 0.3 is 0 Å². The molecule has 1 aromatic carbocycles. The summed E-state index contributed by atoms with van der Waals surface area (Å²) in [6, 6.07) is 7.93. The molecule has 2 N–H and O–H groups in total. The molecule has 0 fully saturated rings. The van der Waals surface area contributed by atoms with Gasteiger partial charge in [0, 0.05) is 19.7 Å². The summed E-state index contributed by atoms with van der Waals surface area (Å²) in [6.07, 6.45) is 0. The number of nitrogens with two attached hydrogens (primary N) is 1. The highest BCUT2D eigenvalue weighted by Crippen LogP contribution is 2.14. The molecule has 0 amide bonds. The van der Waals surface area contributed by atoms with Gasteiger partial charge in [-0.25, -0.2) is 0 Å². The number of hydrogen-bond acceptors (Lipinski definition) is 8. The highest BCUT2D eigenvalue weighted by molar-refractivity contribution is 5.54. The molecule has 0 aliphatic heterocycles. The van der Waals surface area contributed by atoms with E-state index in [1.165, 1.54) is 10.4 Å². The van der Waals surface area contributed by atoms with Crippen LogP contribution >= 0.6 is 0 Å². The predicted octanol–water partition coefficient (Wildman–Crippen LogP) is 0.530. The van der Waals surface area contributed by atoms with E-state index >= 15 is 0 Å². The van der Waals surface area contributed by atoms with Crippen LogP contribution in [0.25, 0.3) is 11.4 Å². The molecule has 0 bridgehead atoms. The number of aryl methyl sites for hydroxylation is 1. The Morgan fingerprint density at radius 1 is 1.09 bits per heavy atom. The molecule has 23 heavy (non-hydrogen) atoms. The van der Waals surface area contributed by atoms with E-state index in [0.29, 0.717) is 17.6 Å². The number of tetrazole rings is 1. The lowest BCUT2D eigenvalue weighted by atomic mass is 10.1. The molecule has 9 heteroatoms. The van der Waals surface area contributed by atoms with Gasteiger partial charge in [0.1, 0.15) is 6.54 Å². The maximum Gasteiger partial charge on any atom is 0.229 e. The van der Waals surface area contributed by atoms with Crippen LogP contribution in [0.1, 0.15) is 11.4 Å². The second kappa shape index (κ2) is 5.95. The van der Waals surface area contributed by atoms with Crippen LogP contribution in [0.4, 0.5) is 11.9 Å². The summed E-state index contributed by atoms with van der Waals surface area (Å²) in [5.74, 6) is 1.69. The first-order chi connectivity index (χ1) is 11.0. The number of hydrogen-bond donors (Lipinski definition) is 1. The van der Waals surface area contributed by atoms with E-state index < -0.39 is 0 Å². The molecule has 118 valence electrons. The Morgan fingerprint density at radius 3 is 2.52 bits per heavy atom. The van der Waals surface area contributed by atoms with E-state index in [1.54, 1.807) is 4.90 Å². The molecule has 3 aromatic rings. The van der Waals surface area contributed by atoms with Crippen molar-refractivity contribution in [2.24, 2.45) is 0 Å². The largest absolute Gasteiger partial charge is 0.368 e. The Hall–Kier alpha value is -3.10. The van der Waals surface area contributed by atoms with Gasteiger partial charge in [0.15, 0.2) is 5.82 Å². The molecule has 9 nitrogen and oxygen atoms in total. The molecule has 0 atom stereocenters. The number of nitrogen functional groups attached to an aromatic ring is 1. The lowest BCUT2D eigenvalue weighted by Crippen LogP contribution is -2.17. The van der Waals surface area contributed by atoms with Crippen molar-refractivity contribution >= 4 is 11.9 Å². The van der Waals surface area contributed by atoms with Crippen molar-refractivity contribution in [2.75, 3.05) is 24.7 Å². The molecule has 0 aliphatic rings. The van der Waals surface area contributed by atoms with Crippen molar-refractivity contribution in [3.05, 3.63) is 35.7 Å². The minimum absolute atomic E-state index is 0.164. The Kier molecular flexibility index (Phi) is 3.83. The first-order valence-corrected chi connectivity index (χ1v) is 7.04. The lowest BCUT2D eigenvalue weighted by molar-refractivity contribution is 0.553. The summed E-state index contributed by atoms with van der Waals surface area (Å²) in [7, 11) is 3.67. The summed E-state index contributed by atoms with van der Waals surface area (Å²) >= 11 is 0. The number of anilines is 2. The molecular weight excluding hydrogens is 294 g/mol. The summed E-state index contributed by atoms with van der Waals surface area (Å²) in [5.41, 5.74) is 7.79. The first kappa shape index (κ1) is 14.8. The minimum Gasteiger partial charge on any atom is -0.368 e. The van der Waals surface area contributed by atoms with Gasteiger partial charge in [-0.3, -0.25) is 0 Å². The smallest absolute Gasteiger partial charge is 0.229 e. The Bertz CT molecular complexity index is 807. The van der Waals surface area contributed by atoms with Crippen LogP contribution in [0.15, 0.2) is 24.3 Å². The number of rotatable bonds is 4. The van der Waals surface area contributed by atoms with E-state index in [4.69, 9.17) is 5.73 Å². The van der Waals surface area contributed by atoms with Crippen molar-refractivity contribution in [2.45, 2.75) is 13.5 Å². The monoisotopic (exact) mass is 311 g/mol. The third-order valence-electron chi connectivity index (χ3n) is 3.13. The zero-order chi connectivity index (χ0) is 16.4. The van der Waals surface area contributed by atoms with E-state index in [-0.39, 0.29) is 12.5 Å². The van der Waals surface area contributed by atoms with Gasteiger partial charge in [-0.1, -0.05) is 29.8 Å². The second-order valence-corrected chi connectivity index (χ2v) is 5.31. The van der Waals surface area contributed by atoms with Crippen LogP contribution in [0, 0.1) is 6.92 Å². The minimum atomic E-state index is 0.164. The van der Waals surface area contributed by atoms with E-state index in [2.05, 4.69) is 30.4 Å². The first-order valence-electron chi connectivity index (χ1n) is 7.04. The molecule has 0 aliphatic carbocycles. The van der Waals surface area contributed by atoms with Crippen LogP contribution in [-0.4, -0.2) is 49.3 Å². The fraction of sp³-hybridized carbons (Fsp3) is 0.286. The van der Waals surface area contributed by atoms with Crippen molar-refractivity contribution in [3.63, 3.8) is 0 Å². The van der Waals surface area contributed by atoms with Crippen LogP contribution in [0.5, 0.6) is 0 Å². The van der Waals surface area contributed by atoms with Gasteiger partial charge in [-0.2, -0.15) is 19.7 Å². The molecule has 2 heterocycles.